The fourth-order valence-corrected chi connectivity index (χ4v) is 1.77. The predicted molar refractivity (Wildman–Crippen MR) is 67.0 cm³/mol. The van der Waals surface area contributed by atoms with Crippen LogP contribution in [0.4, 0.5) is 0 Å². The molecule has 1 amide bonds. The van der Waals surface area contributed by atoms with Crippen molar-refractivity contribution >= 4 is 5.91 Å². The smallest absolute Gasteiger partial charge is 0.224 e. The molecule has 1 fully saturated rings. The lowest BCUT2D eigenvalue weighted by atomic mass is 10.0. The number of hydrogen-bond donors (Lipinski definition) is 1. The van der Waals surface area contributed by atoms with Gasteiger partial charge in [0.1, 0.15) is 0 Å². The molecule has 0 spiro atoms. The van der Waals surface area contributed by atoms with Gasteiger partial charge in [-0.05, 0) is 31.1 Å². The summed E-state index contributed by atoms with van der Waals surface area (Å²) in [4.78, 5) is 14.1. The minimum atomic E-state index is 0.00561. The third kappa shape index (κ3) is 4.52. The van der Waals surface area contributed by atoms with E-state index in [2.05, 4.69) is 20.8 Å². The van der Waals surface area contributed by atoms with Gasteiger partial charge in [0.15, 0.2) is 0 Å². The van der Waals surface area contributed by atoms with E-state index < -0.39 is 0 Å². The summed E-state index contributed by atoms with van der Waals surface area (Å²) in [5.41, 5.74) is 5.95. The largest absolute Gasteiger partial charge is 0.342 e. The Morgan fingerprint density at radius 1 is 1.44 bits per heavy atom. The Morgan fingerprint density at radius 2 is 2.06 bits per heavy atom. The van der Waals surface area contributed by atoms with E-state index in [4.69, 9.17) is 5.73 Å². The van der Waals surface area contributed by atoms with Crippen molar-refractivity contribution in [3.05, 3.63) is 0 Å². The van der Waals surface area contributed by atoms with Gasteiger partial charge in [0, 0.05) is 25.6 Å². The molecule has 94 valence electrons. The quantitative estimate of drug-likeness (QED) is 0.722. The lowest BCUT2D eigenvalue weighted by Crippen LogP contribution is -2.39. The van der Waals surface area contributed by atoms with Crippen LogP contribution >= 0.6 is 0 Å². The van der Waals surface area contributed by atoms with E-state index in [0.29, 0.717) is 12.3 Å². The first-order chi connectivity index (χ1) is 7.54. The number of carbonyl (C=O) groups is 1. The summed E-state index contributed by atoms with van der Waals surface area (Å²) < 4.78 is 0. The third-order valence-electron chi connectivity index (χ3n) is 3.29. The summed E-state index contributed by atoms with van der Waals surface area (Å²) in [7, 11) is 0. The summed E-state index contributed by atoms with van der Waals surface area (Å²) in [6, 6.07) is 0.00561. The lowest BCUT2D eigenvalue weighted by Gasteiger charge is -2.24. The molecule has 3 nitrogen and oxygen atoms in total. The maximum Gasteiger partial charge on any atom is 0.224 e. The van der Waals surface area contributed by atoms with Crippen LogP contribution in [0.1, 0.15) is 46.5 Å². The molecule has 0 aromatic heterocycles. The molecule has 2 N–H and O–H groups in total. The highest BCUT2D eigenvalue weighted by atomic mass is 16.2. The normalized spacial score (nSPS) is 17.6. The van der Waals surface area contributed by atoms with Crippen molar-refractivity contribution in [2.24, 2.45) is 17.6 Å². The van der Waals surface area contributed by atoms with E-state index in [1.807, 2.05) is 4.90 Å². The molecule has 1 unspecified atom stereocenters. The Hall–Kier alpha value is -0.570. The van der Waals surface area contributed by atoms with Gasteiger partial charge in [0.2, 0.25) is 5.91 Å². The molecule has 1 aliphatic carbocycles. The van der Waals surface area contributed by atoms with E-state index in [1.165, 1.54) is 12.8 Å². The van der Waals surface area contributed by atoms with Gasteiger partial charge in [-0.25, -0.2) is 0 Å². The molecule has 0 saturated heterocycles. The fourth-order valence-electron chi connectivity index (χ4n) is 1.77. The zero-order valence-electron chi connectivity index (χ0n) is 10.9. The van der Waals surface area contributed by atoms with Gasteiger partial charge in [0.25, 0.3) is 0 Å². The number of rotatable bonds is 7. The molecule has 16 heavy (non-hydrogen) atoms. The number of carbonyl (C=O) groups excluding carboxylic acids is 1. The van der Waals surface area contributed by atoms with Crippen molar-refractivity contribution in [1.82, 2.24) is 4.90 Å². The van der Waals surface area contributed by atoms with Crippen LogP contribution in [0.3, 0.4) is 0 Å². The summed E-state index contributed by atoms with van der Waals surface area (Å²) >= 11 is 0. The zero-order chi connectivity index (χ0) is 12.1. The Labute approximate surface area is 99.4 Å². The number of nitrogens with zero attached hydrogens (tertiary/aromatic N) is 1. The highest BCUT2D eigenvalue weighted by molar-refractivity contribution is 5.76. The maximum atomic E-state index is 12.1. The van der Waals surface area contributed by atoms with E-state index in [0.717, 1.165) is 25.4 Å². The van der Waals surface area contributed by atoms with Crippen molar-refractivity contribution in [3.8, 4) is 0 Å². The fraction of sp³-hybridized carbons (Fsp3) is 0.923. The van der Waals surface area contributed by atoms with Gasteiger partial charge in [0.05, 0.1) is 0 Å². The van der Waals surface area contributed by atoms with E-state index in [1.54, 1.807) is 0 Å². The van der Waals surface area contributed by atoms with Crippen LogP contribution in [-0.2, 0) is 4.79 Å². The van der Waals surface area contributed by atoms with Gasteiger partial charge < -0.3 is 10.6 Å². The molecule has 0 aliphatic heterocycles. The minimum Gasteiger partial charge on any atom is -0.342 e. The third-order valence-corrected chi connectivity index (χ3v) is 3.29. The van der Waals surface area contributed by atoms with Gasteiger partial charge in [-0.15, -0.1) is 0 Å². The predicted octanol–water partition coefficient (Wildman–Crippen LogP) is 2.01. The molecule has 3 heteroatoms. The first-order valence-corrected chi connectivity index (χ1v) is 6.58. The van der Waals surface area contributed by atoms with Crippen LogP contribution < -0.4 is 5.73 Å². The van der Waals surface area contributed by atoms with Crippen molar-refractivity contribution < 1.29 is 4.79 Å². The van der Waals surface area contributed by atoms with Crippen LogP contribution in [0.2, 0.25) is 0 Å². The monoisotopic (exact) mass is 226 g/mol. The van der Waals surface area contributed by atoms with Crippen LogP contribution in [0.25, 0.3) is 0 Å². The average Bonchev–Trinajstić information content (AvgIpc) is 3.00. The zero-order valence-corrected chi connectivity index (χ0v) is 10.9. The Balaban J connectivity index is 2.39. The molecule has 1 aliphatic rings. The molecule has 0 aromatic rings. The van der Waals surface area contributed by atoms with E-state index in [-0.39, 0.29) is 11.9 Å². The van der Waals surface area contributed by atoms with Crippen molar-refractivity contribution in [3.63, 3.8) is 0 Å². The molecule has 0 aromatic carbocycles. The lowest BCUT2D eigenvalue weighted by molar-refractivity contribution is -0.132. The number of hydrogen-bond acceptors (Lipinski definition) is 2. The second kappa shape index (κ2) is 6.24. The Kier molecular flexibility index (Phi) is 5.26. The van der Waals surface area contributed by atoms with Gasteiger partial charge in [-0.1, -0.05) is 20.8 Å². The van der Waals surface area contributed by atoms with Crippen molar-refractivity contribution in [2.45, 2.75) is 52.5 Å². The summed E-state index contributed by atoms with van der Waals surface area (Å²) in [5.74, 6) is 1.40. The second-order valence-corrected chi connectivity index (χ2v) is 5.40. The van der Waals surface area contributed by atoms with Crippen LogP contribution in [0.15, 0.2) is 0 Å². The Morgan fingerprint density at radius 3 is 2.50 bits per heavy atom. The molecule has 0 radical (unpaired) electrons. The first-order valence-electron chi connectivity index (χ1n) is 6.58. The van der Waals surface area contributed by atoms with E-state index >= 15 is 0 Å². The minimum absolute atomic E-state index is 0.00561. The molecule has 1 saturated carbocycles. The highest BCUT2D eigenvalue weighted by Gasteiger charge is 2.27. The van der Waals surface area contributed by atoms with Crippen LogP contribution in [0, 0.1) is 11.8 Å². The second-order valence-electron chi connectivity index (χ2n) is 5.40. The SMILES string of the molecule is CCCN(CC1CC1)C(=O)CC(N)C(C)C. The van der Waals surface area contributed by atoms with Crippen molar-refractivity contribution in [2.75, 3.05) is 13.1 Å². The molecule has 1 atom stereocenters. The number of amides is 1. The standard InChI is InChI=1S/C13H26N2O/c1-4-7-15(9-11-5-6-11)13(16)8-12(14)10(2)3/h10-12H,4-9,14H2,1-3H3. The summed E-state index contributed by atoms with van der Waals surface area (Å²) in [6.07, 6.45) is 4.13. The van der Waals surface area contributed by atoms with Gasteiger partial charge in [-0.2, -0.15) is 0 Å². The molecule has 0 heterocycles. The van der Waals surface area contributed by atoms with Crippen LogP contribution in [-0.4, -0.2) is 29.9 Å². The van der Waals surface area contributed by atoms with Crippen molar-refractivity contribution in [1.29, 1.82) is 0 Å². The van der Waals surface area contributed by atoms with Crippen LogP contribution in [0.5, 0.6) is 0 Å². The molecular formula is C13H26N2O. The number of nitrogens with two attached hydrogens (primary N) is 1. The maximum absolute atomic E-state index is 12.1. The average molecular weight is 226 g/mol. The van der Waals surface area contributed by atoms with Gasteiger partial charge in [-0.3, -0.25) is 4.79 Å². The highest BCUT2D eigenvalue weighted by Crippen LogP contribution is 2.30. The summed E-state index contributed by atoms with van der Waals surface area (Å²) in [6.45, 7) is 8.11. The molecule has 1 rings (SSSR count). The Bertz CT molecular complexity index is 224. The summed E-state index contributed by atoms with van der Waals surface area (Å²) in [5, 5.41) is 0. The topological polar surface area (TPSA) is 46.3 Å². The molecule has 0 bridgehead atoms. The molecular weight excluding hydrogens is 200 g/mol. The van der Waals surface area contributed by atoms with E-state index in [9.17, 15) is 4.79 Å². The van der Waals surface area contributed by atoms with Gasteiger partial charge >= 0.3 is 0 Å². The first kappa shape index (κ1) is 13.5.